The number of thiophene rings is 1. The van der Waals surface area contributed by atoms with Crippen LogP contribution in [-0.2, 0) is 19.4 Å². The monoisotopic (exact) mass is 421 g/mol. The molecule has 1 amide bonds. The van der Waals surface area contributed by atoms with Crippen molar-refractivity contribution in [2.45, 2.75) is 32.4 Å². The summed E-state index contributed by atoms with van der Waals surface area (Å²) in [6, 6.07) is 9.31. The highest BCUT2D eigenvalue weighted by atomic mass is 32.2. The third kappa shape index (κ3) is 4.44. The molecule has 1 aliphatic rings. The minimum atomic E-state index is -3.10. The average molecular weight is 422 g/mol. The second-order valence-corrected chi connectivity index (χ2v) is 10.2. The normalized spacial score (nSPS) is 19.2. The predicted molar refractivity (Wildman–Crippen MR) is 109 cm³/mol. The third-order valence-electron chi connectivity index (χ3n) is 4.95. The van der Waals surface area contributed by atoms with Gasteiger partial charge in [0.1, 0.15) is 4.88 Å². The fourth-order valence-corrected chi connectivity index (χ4v) is 5.81. The van der Waals surface area contributed by atoms with Gasteiger partial charge in [0.15, 0.2) is 15.9 Å². The first-order chi connectivity index (χ1) is 13.2. The molecule has 1 saturated heterocycles. The van der Waals surface area contributed by atoms with Gasteiger partial charge in [0, 0.05) is 18.7 Å². The van der Waals surface area contributed by atoms with Gasteiger partial charge < -0.3 is 9.64 Å². The molecule has 150 valence electrons. The van der Waals surface area contributed by atoms with Crippen LogP contribution in [0.5, 0.6) is 0 Å². The summed E-state index contributed by atoms with van der Waals surface area (Å²) in [5.74, 6) is -0.917. The maximum atomic E-state index is 12.7. The number of sulfone groups is 1. The fourth-order valence-electron chi connectivity index (χ4n) is 3.24. The number of carbonyl (C=O) groups excluding carboxylic acids is 2. The van der Waals surface area contributed by atoms with E-state index < -0.39 is 27.8 Å². The summed E-state index contributed by atoms with van der Waals surface area (Å²) in [6.07, 6.45) is -0.581. The van der Waals surface area contributed by atoms with E-state index in [1.807, 2.05) is 42.6 Å². The zero-order chi connectivity index (χ0) is 20.5. The van der Waals surface area contributed by atoms with Gasteiger partial charge >= 0.3 is 5.97 Å². The Morgan fingerprint density at radius 3 is 2.50 bits per heavy atom. The second-order valence-electron chi connectivity index (χ2n) is 7.08. The average Bonchev–Trinajstić information content (AvgIpc) is 3.27. The van der Waals surface area contributed by atoms with Crippen LogP contribution in [0.25, 0.3) is 11.1 Å². The van der Waals surface area contributed by atoms with E-state index in [4.69, 9.17) is 4.74 Å². The molecule has 2 heterocycles. The van der Waals surface area contributed by atoms with Gasteiger partial charge in [-0.1, -0.05) is 29.8 Å². The van der Waals surface area contributed by atoms with Crippen molar-refractivity contribution in [3.63, 3.8) is 0 Å². The van der Waals surface area contributed by atoms with Crippen molar-refractivity contribution in [2.75, 3.05) is 18.6 Å². The highest BCUT2D eigenvalue weighted by Gasteiger charge is 2.35. The lowest BCUT2D eigenvalue weighted by molar-refractivity contribution is -0.140. The Labute approximate surface area is 169 Å². The first-order valence-electron chi connectivity index (χ1n) is 9.00. The molecule has 3 rings (SSSR count). The van der Waals surface area contributed by atoms with Crippen LogP contribution in [0.15, 0.2) is 35.7 Å². The lowest BCUT2D eigenvalue weighted by atomic mass is 10.1. The lowest BCUT2D eigenvalue weighted by Crippen LogP contribution is -2.44. The Hall–Kier alpha value is -2.19. The van der Waals surface area contributed by atoms with Crippen molar-refractivity contribution >= 4 is 33.1 Å². The Bertz CT molecular complexity index is 978. The molecule has 8 heteroatoms. The molecule has 6 nitrogen and oxygen atoms in total. The quantitative estimate of drug-likeness (QED) is 0.694. The summed E-state index contributed by atoms with van der Waals surface area (Å²) in [6.45, 7) is 3.51. The summed E-state index contributed by atoms with van der Waals surface area (Å²) < 4.78 is 28.7. The van der Waals surface area contributed by atoms with Crippen LogP contribution in [0.3, 0.4) is 0 Å². The number of aryl methyl sites for hydroxylation is 1. The van der Waals surface area contributed by atoms with Crippen LogP contribution in [0.2, 0.25) is 0 Å². The standard InChI is InChI=1S/C20H23NO5S2/c1-13-4-6-15(7-5-13)17-8-10-27-18(17)20(23)26-14(2)19(22)21(3)16-9-11-28(24,25)12-16/h4-8,10,14,16H,9,11-12H2,1-3H3/t14-,16-/m1/s1. The van der Waals surface area contributed by atoms with E-state index in [1.165, 1.54) is 23.2 Å². The minimum absolute atomic E-state index is 0.0433. The lowest BCUT2D eigenvalue weighted by Gasteiger charge is -2.26. The summed E-state index contributed by atoms with van der Waals surface area (Å²) in [4.78, 5) is 27.1. The molecule has 2 aromatic rings. The molecule has 1 fully saturated rings. The molecule has 0 bridgehead atoms. The van der Waals surface area contributed by atoms with E-state index in [9.17, 15) is 18.0 Å². The number of carbonyl (C=O) groups is 2. The third-order valence-corrected chi connectivity index (χ3v) is 7.59. The van der Waals surface area contributed by atoms with E-state index >= 15 is 0 Å². The molecule has 0 unspecified atom stereocenters. The molecule has 0 aliphatic carbocycles. The van der Waals surface area contributed by atoms with Gasteiger partial charge in [-0.05, 0) is 37.3 Å². The van der Waals surface area contributed by atoms with Crippen molar-refractivity contribution in [1.29, 1.82) is 0 Å². The van der Waals surface area contributed by atoms with Crippen molar-refractivity contribution in [1.82, 2.24) is 4.90 Å². The maximum Gasteiger partial charge on any atom is 0.349 e. The number of likely N-dealkylation sites (N-methyl/N-ethyl adjacent to an activating group) is 1. The smallest absolute Gasteiger partial charge is 0.349 e. The van der Waals surface area contributed by atoms with Crippen molar-refractivity contribution in [3.8, 4) is 11.1 Å². The topological polar surface area (TPSA) is 80.8 Å². The van der Waals surface area contributed by atoms with Crippen LogP contribution in [-0.4, -0.2) is 55.9 Å². The van der Waals surface area contributed by atoms with Crippen molar-refractivity contribution < 1.29 is 22.7 Å². The molecule has 0 N–H and O–H groups in total. The van der Waals surface area contributed by atoms with Crippen LogP contribution in [0, 0.1) is 6.92 Å². The van der Waals surface area contributed by atoms with E-state index in [0.717, 1.165) is 16.7 Å². The molecule has 1 aliphatic heterocycles. The zero-order valence-corrected chi connectivity index (χ0v) is 17.7. The summed E-state index contributed by atoms with van der Waals surface area (Å²) in [5, 5.41) is 1.81. The van der Waals surface area contributed by atoms with Gasteiger partial charge in [-0.3, -0.25) is 4.79 Å². The van der Waals surface area contributed by atoms with E-state index in [0.29, 0.717) is 11.3 Å². The van der Waals surface area contributed by atoms with Gasteiger partial charge in [0.05, 0.1) is 11.5 Å². The Kier molecular flexibility index (Phi) is 5.90. The fraction of sp³-hybridized carbons (Fsp3) is 0.400. The largest absolute Gasteiger partial charge is 0.448 e. The molecule has 1 aromatic carbocycles. The first-order valence-corrected chi connectivity index (χ1v) is 11.7. The van der Waals surface area contributed by atoms with Gasteiger partial charge in [-0.25, -0.2) is 13.2 Å². The Morgan fingerprint density at radius 2 is 1.89 bits per heavy atom. The van der Waals surface area contributed by atoms with Gasteiger partial charge in [-0.15, -0.1) is 11.3 Å². The SMILES string of the molecule is Cc1ccc(-c2ccsc2C(=O)O[C@H](C)C(=O)N(C)[C@@H]2CCS(=O)(=O)C2)cc1. The Morgan fingerprint density at radius 1 is 1.21 bits per heavy atom. The van der Waals surface area contributed by atoms with Crippen molar-refractivity contribution in [3.05, 3.63) is 46.2 Å². The highest BCUT2D eigenvalue weighted by Crippen LogP contribution is 2.29. The molecule has 2 atom stereocenters. The molecule has 28 heavy (non-hydrogen) atoms. The van der Waals surface area contributed by atoms with Crippen LogP contribution in [0.1, 0.15) is 28.6 Å². The Balaban J connectivity index is 1.69. The number of benzene rings is 1. The van der Waals surface area contributed by atoms with Crippen LogP contribution >= 0.6 is 11.3 Å². The zero-order valence-electron chi connectivity index (χ0n) is 16.0. The number of hydrogen-bond acceptors (Lipinski definition) is 6. The van der Waals surface area contributed by atoms with E-state index in [1.54, 1.807) is 7.05 Å². The van der Waals surface area contributed by atoms with Gasteiger partial charge in [0.25, 0.3) is 5.91 Å². The number of amides is 1. The maximum absolute atomic E-state index is 12.7. The van der Waals surface area contributed by atoms with Crippen LogP contribution in [0.4, 0.5) is 0 Å². The predicted octanol–water partition coefficient (Wildman–Crippen LogP) is 2.91. The summed E-state index contributed by atoms with van der Waals surface area (Å²) in [7, 11) is -1.54. The number of rotatable bonds is 5. The van der Waals surface area contributed by atoms with Crippen molar-refractivity contribution in [2.24, 2.45) is 0 Å². The summed E-state index contributed by atoms with van der Waals surface area (Å²) in [5.41, 5.74) is 2.80. The second kappa shape index (κ2) is 8.05. The molecular weight excluding hydrogens is 398 g/mol. The molecule has 1 aromatic heterocycles. The molecule has 0 spiro atoms. The highest BCUT2D eigenvalue weighted by molar-refractivity contribution is 7.91. The van der Waals surface area contributed by atoms with E-state index in [2.05, 4.69) is 0 Å². The first kappa shape index (κ1) is 20.5. The molecule has 0 radical (unpaired) electrons. The number of hydrogen-bond donors (Lipinski definition) is 0. The molecule has 0 saturated carbocycles. The van der Waals surface area contributed by atoms with Gasteiger partial charge in [0.2, 0.25) is 0 Å². The summed E-state index contributed by atoms with van der Waals surface area (Å²) >= 11 is 1.27. The number of esters is 1. The van der Waals surface area contributed by atoms with Crippen LogP contribution < -0.4 is 0 Å². The molecular formula is C20H23NO5S2. The number of ether oxygens (including phenoxy) is 1. The van der Waals surface area contributed by atoms with E-state index in [-0.39, 0.29) is 17.5 Å². The number of nitrogens with zero attached hydrogens (tertiary/aromatic N) is 1. The van der Waals surface area contributed by atoms with Gasteiger partial charge in [-0.2, -0.15) is 0 Å². The minimum Gasteiger partial charge on any atom is -0.448 e.